The molecule has 0 aromatic carbocycles. The Labute approximate surface area is 204 Å². The summed E-state index contributed by atoms with van der Waals surface area (Å²) >= 11 is 0. The van der Waals surface area contributed by atoms with E-state index in [0.717, 1.165) is 42.4 Å². The van der Waals surface area contributed by atoms with Crippen LogP contribution in [0.3, 0.4) is 0 Å². The van der Waals surface area contributed by atoms with Crippen LogP contribution in [0.5, 0.6) is 0 Å². The number of hydrogen-bond donors (Lipinski definition) is 0. The van der Waals surface area contributed by atoms with Crippen molar-refractivity contribution in [2.24, 2.45) is 46.3 Å². The molecule has 33 heavy (non-hydrogen) atoms. The molecule has 0 aliphatic heterocycles. The highest BCUT2D eigenvalue weighted by molar-refractivity contribution is 5.66. The minimum Gasteiger partial charge on any atom is -0.462 e. The molecule has 186 valence electrons. The van der Waals surface area contributed by atoms with Crippen LogP contribution in [-0.4, -0.2) is 12.1 Å². The topological polar surface area (TPSA) is 26.3 Å². The molecule has 0 spiro atoms. The summed E-state index contributed by atoms with van der Waals surface area (Å²) < 4.78 is 5.63. The lowest BCUT2D eigenvalue weighted by molar-refractivity contribution is -0.148. The van der Waals surface area contributed by atoms with E-state index in [0.29, 0.717) is 16.7 Å². The maximum Gasteiger partial charge on any atom is 0.302 e. The number of allylic oxidation sites excluding steroid dienone is 3. The molecule has 0 amide bonds. The third-order valence-corrected chi connectivity index (χ3v) is 11.2. The lowest BCUT2D eigenvalue weighted by Crippen LogP contribution is -2.51. The van der Waals surface area contributed by atoms with Crippen LogP contribution in [0.1, 0.15) is 113 Å². The second-order valence-electron chi connectivity index (χ2n) is 13.0. The van der Waals surface area contributed by atoms with Crippen molar-refractivity contribution in [3.05, 3.63) is 23.3 Å². The minimum absolute atomic E-state index is 0.108. The molecule has 0 saturated heterocycles. The molecule has 3 fully saturated rings. The van der Waals surface area contributed by atoms with E-state index in [1.165, 1.54) is 51.4 Å². The van der Waals surface area contributed by atoms with E-state index >= 15 is 0 Å². The summed E-state index contributed by atoms with van der Waals surface area (Å²) in [7, 11) is 0. The molecule has 3 saturated carbocycles. The molecule has 4 aliphatic rings. The van der Waals surface area contributed by atoms with Crippen LogP contribution in [0.15, 0.2) is 23.3 Å². The molecule has 8 atom stereocenters. The fourth-order valence-corrected chi connectivity index (χ4v) is 9.30. The Balaban J connectivity index is 1.47. The van der Waals surface area contributed by atoms with Gasteiger partial charge < -0.3 is 4.74 Å². The van der Waals surface area contributed by atoms with Gasteiger partial charge in [0.05, 0.1) is 0 Å². The van der Waals surface area contributed by atoms with E-state index in [9.17, 15) is 4.79 Å². The van der Waals surface area contributed by atoms with Gasteiger partial charge in [-0.05, 0) is 111 Å². The highest BCUT2D eigenvalue weighted by Gasteiger charge is 2.59. The zero-order valence-electron chi connectivity index (χ0n) is 22.6. The van der Waals surface area contributed by atoms with Crippen molar-refractivity contribution in [1.29, 1.82) is 0 Å². The van der Waals surface area contributed by atoms with E-state index in [1.807, 2.05) is 0 Å². The molecular weight excluding hydrogens is 404 g/mol. The Morgan fingerprint density at radius 3 is 2.55 bits per heavy atom. The highest BCUT2D eigenvalue weighted by atomic mass is 16.5. The summed E-state index contributed by atoms with van der Waals surface area (Å²) in [5.41, 5.74) is 4.13. The van der Waals surface area contributed by atoms with Gasteiger partial charge in [-0.2, -0.15) is 0 Å². The Bertz CT molecular complexity index is 791. The zero-order valence-corrected chi connectivity index (χ0v) is 22.6. The number of esters is 1. The molecule has 0 aromatic heterocycles. The average molecular weight is 455 g/mol. The standard InChI is InChI=1S/C31H50O2/c1-8-23(20(2)3)10-9-21(4)27-13-14-28-26-12-11-24-19-25(33-22(5)32)15-17-30(24,6)29(26)16-18-31(27,28)7/h8,11,20-21,25-29H,9-10,12-19H2,1-7H3/b23-8+. The average Bonchev–Trinajstić information content (AvgIpc) is 3.11. The van der Waals surface area contributed by atoms with Crippen LogP contribution in [0.2, 0.25) is 0 Å². The summed E-state index contributed by atoms with van der Waals surface area (Å²) in [6.07, 6.45) is 17.9. The van der Waals surface area contributed by atoms with Crippen LogP contribution in [0.25, 0.3) is 0 Å². The van der Waals surface area contributed by atoms with Crippen LogP contribution >= 0.6 is 0 Å². The molecule has 0 N–H and O–H groups in total. The summed E-state index contributed by atoms with van der Waals surface area (Å²) in [5, 5.41) is 0. The molecule has 0 aromatic rings. The van der Waals surface area contributed by atoms with E-state index in [-0.39, 0.29) is 12.1 Å². The van der Waals surface area contributed by atoms with Gasteiger partial charge in [0.1, 0.15) is 6.10 Å². The summed E-state index contributed by atoms with van der Waals surface area (Å²) in [6, 6.07) is 0. The predicted octanol–water partition coefficient (Wildman–Crippen LogP) is 8.52. The van der Waals surface area contributed by atoms with Crippen molar-refractivity contribution < 1.29 is 9.53 Å². The fourth-order valence-electron chi connectivity index (χ4n) is 9.30. The van der Waals surface area contributed by atoms with Gasteiger partial charge in [0.15, 0.2) is 0 Å². The third kappa shape index (κ3) is 4.50. The van der Waals surface area contributed by atoms with Crippen LogP contribution < -0.4 is 0 Å². The molecule has 2 heteroatoms. The summed E-state index contributed by atoms with van der Waals surface area (Å²) in [6.45, 7) is 16.3. The number of ether oxygens (including phenoxy) is 1. The van der Waals surface area contributed by atoms with Crippen LogP contribution in [0, 0.1) is 46.3 Å². The van der Waals surface area contributed by atoms with Gasteiger partial charge in [0, 0.05) is 13.3 Å². The predicted molar refractivity (Wildman–Crippen MR) is 138 cm³/mol. The molecule has 2 nitrogen and oxygen atoms in total. The van der Waals surface area contributed by atoms with Crippen molar-refractivity contribution in [3.8, 4) is 0 Å². The highest BCUT2D eigenvalue weighted by Crippen LogP contribution is 2.67. The normalized spacial score (nSPS) is 41.6. The second-order valence-corrected chi connectivity index (χ2v) is 13.0. The molecule has 4 aliphatic carbocycles. The van der Waals surface area contributed by atoms with E-state index in [1.54, 1.807) is 18.1 Å². The van der Waals surface area contributed by atoms with Crippen molar-refractivity contribution in [2.75, 3.05) is 0 Å². The maximum atomic E-state index is 11.5. The molecule has 4 rings (SSSR count). The Hall–Kier alpha value is -1.05. The third-order valence-electron chi connectivity index (χ3n) is 11.2. The SMILES string of the molecule is C/C=C(\CCC(C)C1CCC2C3CC=C4CC(OC(C)=O)CCC4(C)C3CCC12C)C(C)C. The van der Waals surface area contributed by atoms with E-state index < -0.39 is 0 Å². The van der Waals surface area contributed by atoms with Crippen LogP contribution in [0.4, 0.5) is 0 Å². The Morgan fingerprint density at radius 2 is 1.88 bits per heavy atom. The quantitative estimate of drug-likeness (QED) is 0.297. The van der Waals surface area contributed by atoms with Crippen molar-refractivity contribution >= 4 is 5.97 Å². The molecule has 0 bridgehead atoms. The smallest absolute Gasteiger partial charge is 0.302 e. The lowest BCUT2D eigenvalue weighted by Gasteiger charge is -2.58. The number of hydrogen-bond acceptors (Lipinski definition) is 2. The van der Waals surface area contributed by atoms with E-state index in [2.05, 4.69) is 53.7 Å². The van der Waals surface area contributed by atoms with Gasteiger partial charge in [-0.3, -0.25) is 4.79 Å². The van der Waals surface area contributed by atoms with Crippen molar-refractivity contribution in [1.82, 2.24) is 0 Å². The zero-order chi connectivity index (χ0) is 24.0. The first-order valence-electron chi connectivity index (χ1n) is 14.1. The molecule has 8 unspecified atom stereocenters. The first-order valence-corrected chi connectivity index (χ1v) is 14.1. The Kier molecular flexibility index (Phi) is 7.24. The van der Waals surface area contributed by atoms with Gasteiger partial charge in [-0.1, -0.05) is 57.9 Å². The van der Waals surface area contributed by atoms with Gasteiger partial charge in [0.25, 0.3) is 0 Å². The molecule has 0 heterocycles. The van der Waals surface area contributed by atoms with Gasteiger partial charge in [0.2, 0.25) is 0 Å². The van der Waals surface area contributed by atoms with Gasteiger partial charge >= 0.3 is 5.97 Å². The van der Waals surface area contributed by atoms with Crippen molar-refractivity contribution in [3.63, 3.8) is 0 Å². The summed E-state index contributed by atoms with van der Waals surface area (Å²) in [5.74, 6) is 4.88. The number of rotatable bonds is 6. The molecular formula is C31H50O2. The second kappa shape index (κ2) is 9.54. The maximum absolute atomic E-state index is 11.5. The monoisotopic (exact) mass is 454 g/mol. The largest absolute Gasteiger partial charge is 0.462 e. The van der Waals surface area contributed by atoms with Gasteiger partial charge in [-0.25, -0.2) is 0 Å². The first kappa shape index (κ1) is 25.1. The lowest BCUT2D eigenvalue weighted by atomic mass is 9.47. The van der Waals surface area contributed by atoms with Crippen LogP contribution in [-0.2, 0) is 9.53 Å². The number of carbonyl (C=O) groups excluding carboxylic acids is 1. The minimum atomic E-state index is -0.118. The Morgan fingerprint density at radius 1 is 1.12 bits per heavy atom. The number of carbonyl (C=O) groups is 1. The van der Waals surface area contributed by atoms with Gasteiger partial charge in [-0.15, -0.1) is 0 Å². The van der Waals surface area contributed by atoms with E-state index in [4.69, 9.17) is 4.74 Å². The summed E-state index contributed by atoms with van der Waals surface area (Å²) in [4.78, 5) is 11.5. The van der Waals surface area contributed by atoms with Crippen molar-refractivity contribution in [2.45, 2.75) is 119 Å². The fraction of sp³-hybridized carbons (Fsp3) is 0.839. The molecule has 0 radical (unpaired) electrons. The first-order chi connectivity index (χ1) is 15.6. The number of fused-ring (bicyclic) bond motifs is 5.